The maximum absolute atomic E-state index is 5.91. The molecule has 0 radical (unpaired) electrons. The SMILES string of the molecule is CCn1nccc1-c1cc(N)nc(-c2ccccc2)n1. The van der Waals surface area contributed by atoms with E-state index in [-0.39, 0.29) is 0 Å². The van der Waals surface area contributed by atoms with E-state index in [4.69, 9.17) is 5.73 Å². The Balaban J connectivity index is 2.12. The van der Waals surface area contributed by atoms with Crippen LogP contribution < -0.4 is 5.73 Å². The number of nitrogens with zero attached hydrogens (tertiary/aromatic N) is 4. The van der Waals surface area contributed by atoms with Crippen LogP contribution in [0.1, 0.15) is 6.92 Å². The molecule has 0 aliphatic heterocycles. The first-order valence-electron chi connectivity index (χ1n) is 6.50. The first kappa shape index (κ1) is 12.3. The van der Waals surface area contributed by atoms with Gasteiger partial charge in [0.05, 0.1) is 11.4 Å². The molecule has 0 aliphatic rings. The molecule has 0 atom stereocenters. The fraction of sp³-hybridized carbons (Fsp3) is 0.133. The zero-order chi connectivity index (χ0) is 13.9. The Kier molecular flexibility index (Phi) is 3.16. The molecule has 0 spiro atoms. The highest BCUT2D eigenvalue weighted by atomic mass is 15.3. The summed E-state index contributed by atoms with van der Waals surface area (Å²) in [5.41, 5.74) is 8.59. The molecule has 0 aliphatic carbocycles. The summed E-state index contributed by atoms with van der Waals surface area (Å²) in [6, 6.07) is 13.5. The summed E-state index contributed by atoms with van der Waals surface area (Å²) in [5.74, 6) is 1.09. The number of hydrogen-bond donors (Lipinski definition) is 1. The van der Waals surface area contributed by atoms with Gasteiger partial charge in [-0.05, 0) is 13.0 Å². The van der Waals surface area contributed by atoms with Gasteiger partial charge in [0.1, 0.15) is 5.82 Å². The summed E-state index contributed by atoms with van der Waals surface area (Å²) < 4.78 is 1.89. The lowest BCUT2D eigenvalue weighted by atomic mass is 10.2. The third-order valence-corrected chi connectivity index (χ3v) is 3.06. The third kappa shape index (κ3) is 2.25. The number of hydrogen-bond acceptors (Lipinski definition) is 4. The molecule has 5 nitrogen and oxygen atoms in total. The number of aromatic nitrogens is 4. The van der Waals surface area contributed by atoms with Crippen molar-refractivity contribution in [1.29, 1.82) is 0 Å². The Morgan fingerprint density at radius 1 is 1.10 bits per heavy atom. The molecule has 2 aromatic heterocycles. The van der Waals surface area contributed by atoms with Gasteiger partial charge in [-0.3, -0.25) is 4.68 Å². The second-order valence-electron chi connectivity index (χ2n) is 4.40. The minimum absolute atomic E-state index is 0.456. The lowest BCUT2D eigenvalue weighted by molar-refractivity contribution is 0.665. The predicted molar refractivity (Wildman–Crippen MR) is 78.8 cm³/mol. The van der Waals surface area contributed by atoms with E-state index in [1.54, 1.807) is 12.3 Å². The fourth-order valence-electron chi connectivity index (χ4n) is 2.12. The zero-order valence-corrected chi connectivity index (χ0v) is 11.2. The number of anilines is 1. The van der Waals surface area contributed by atoms with Gasteiger partial charge < -0.3 is 5.73 Å². The second-order valence-corrected chi connectivity index (χ2v) is 4.40. The summed E-state index contributed by atoms with van der Waals surface area (Å²) in [5, 5.41) is 4.26. The van der Waals surface area contributed by atoms with Crippen LogP contribution in [0.25, 0.3) is 22.8 Å². The molecule has 2 heterocycles. The van der Waals surface area contributed by atoms with E-state index >= 15 is 0 Å². The lowest BCUT2D eigenvalue weighted by Gasteiger charge is -2.07. The van der Waals surface area contributed by atoms with Gasteiger partial charge in [-0.15, -0.1) is 0 Å². The monoisotopic (exact) mass is 265 g/mol. The van der Waals surface area contributed by atoms with Crippen LogP contribution in [-0.4, -0.2) is 19.7 Å². The molecule has 3 aromatic rings. The van der Waals surface area contributed by atoms with Gasteiger partial charge in [-0.1, -0.05) is 30.3 Å². The van der Waals surface area contributed by atoms with Gasteiger partial charge in [0, 0.05) is 24.4 Å². The number of nitrogens with two attached hydrogens (primary N) is 1. The average molecular weight is 265 g/mol. The Labute approximate surface area is 117 Å². The van der Waals surface area contributed by atoms with Crippen LogP contribution in [-0.2, 0) is 6.54 Å². The highest BCUT2D eigenvalue weighted by Gasteiger charge is 2.10. The molecule has 3 rings (SSSR count). The Bertz CT molecular complexity index is 718. The van der Waals surface area contributed by atoms with E-state index < -0.39 is 0 Å². The first-order chi connectivity index (χ1) is 9.78. The molecule has 100 valence electrons. The topological polar surface area (TPSA) is 69.6 Å². The standard InChI is InChI=1S/C15H15N5/c1-2-20-13(8-9-17-20)12-10-14(16)19-15(18-12)11-6-4-3-5-7-11/h3-10H,2H2,1H3,(H2,16,18,19). The van der Waals surface area contributed by atoms with Crippen molar-refractivity contribution in [2.75, 3.05) is 5.73 Å². The summed E-state index contributed by atoms with van der Waals surface area (Å²) in [6.07, 6.45) is 1.76. The zero-order valence-electron chi connectivity index (χ0n) is 11.2. The molecular weight excluding hydrogens is 250 g/mol. The molecule has 20 heavy (non-hydrogen) atoms. The van der Waals surface area contributed by atoms with Gasteiger partial charge in [0.15, 0.2) is 5.82 Å². The second kappa shape index (κ2) is 5.13. The molecule has 1 aromatic carbocycles. The highest BCUT2D eigenvalue weighted by molar-refractivity contribution is 5.64. The van der Waals surface area contributed by atoms with Crippen molar-refractivity contribution in [2.45, 2.75) is 13.5 Å². The third-order valence-electron chi connectivity index (χ3n) is 3.06. The first-order valence-corrected chi connectivity index (χ1v) is 6.50. The molecule has 0 fully saturated rings. The van der Waals surface area contributed by atoms with Crippen molar-refractivity contribution in [1.82, 2.24) is 19.7 Å². The van der Waals surface area contributed by atoms with Gasteiger partial charge in [0.25, 0.3) is 0 Å². The number of aryl methyl sites for hydroxylation is 1. The summed E-state index contributed by atoms with van der Waals surface area (Å²) in [7, 11) is 0. The van der Waals surface area contributed by atoms with Crippen LogP contribution >= 0.6 is 0 Å². The van der Waals surface area contributed by atoms with Crippen LogP contribution in [0.15, 0.2) is 48.7 Å². The van der Waals surface area contributed by atoms with Gasteiger partial charge in [0.2, 0.25) is 0 Å². The van der Waals surface area contributed by atoms with Crippen molar-refractivity contribution in [3.63, 3.8) is 0 Å². The molecule has 0 saturated heterocycles. The Hall–Kier alpha value is -2.69. The predicted octanol–water partition coefficient (Wildman–Crippen LogP) is 2.61. The van der Waals surface area contributed by atoms with Crippen molar-refractivity contribution >= 4 is 5.82 Å². The van der Waals surface area contributed by atoms with Crippen molar-refractivity contribution < 1.29 is 0 Å². The minimum atomic E-state index is 0.456. The minimum Gasteiger partial charge on any atom is -0.384 e. The van der Waals surface area contributed by atoms with Crippen molar-refractivity contribution in [3.05, 3.63) is 48.7 Å². The molecule has 0 unspecified atom stereocenters. The summed E-state index contributed by atoms with van der Waals surface area (Å²) >= 11 is 0. The normalized spacial score (nSPS) is 10.7. The molecule has 5 heteroatoms. The number of benzene rings is 1. The van der Waals surface area contributed by atoms with E-state index in [0.29, 0.717) is 11.6 Å². The van der Waals surface area contributed by atoms with Gasteiger partial charge in [-0.25, -0.2) is 9.97 Å². The maximum atomic E-state index is 5.91. The fourth-order valence-corrected chi connectivity index (χ4v) is 2.12. The summed E-state index contributed by atoms with van der Waals surface area (Å²) in [6.45, 7) is 2.83. The Morgan fingerprint density at radius 2 is 1.90 bits per heavy atom. The van der Waals surface area contributed by atoms with Crippen LogP contribution in [0.4, 0.5) is 5.82 Å². The molecule has 2 N–H and O–H groups in total. The maximum Gasteiger partial charge on any atom is 0.162 e. The average Bonchev–Trinajstić information content (AvgIpc) is 2.96. The number of nitrogen functional groups attached to an aromatic ring is 1. The summed E-state index contributed by atoms with van der Waals surface area (Å²) in [4.78, 5) is 8.91. The molecule has 0 saturated carbocycles. The van der Waals surface area contributed by atoms with Gasteiger partial charge in [-0.2, -0.15) is 5.10 Å². The van der Waals surface area contributed by atoms with E-state index in [2.05, 4.69) is 15.1 Å². The van der Waals surface area contributed by atoms with Crippen LogP contribution in [0, 0.1) is 0 Å². The molecule has 0 amide bonds. The van der Waals surface area contributed by atoms with Crippen molar-refractivity contribution in [2.24, 2.45) is 0 Å². The van der Waals surface area contributed by atoms with E-state index in [0.717, 1.165) is 23.5 Å². The largest absolute Gasteiger partial charge is 0.384 e. The quantitative estimate of drug-likeness (QED) is 0.790. The van der Waals surface area contributed by atoms with Crippen molar-refractivity contribution in [3.8, 4) is 22.8 Å². The van der Waals surface area contributed by atoms with E-state index in [9.17, 15) is 0 Å². The Morgan fingerprint density at radius 3 is 2.65 bits per heavy atom. The molecular formula is C15H15N5. The smallest absolute Gasteiger partial charge is 0.162 e. The van der Waals surface area contributed by atoms with E-state index in [1.807, 2.05) is 48.0 Å². The lowest BCUT2D eigenvalue weighted by Crippen LogP contribution is -2.03. The highest BCUT2D eigenvalue weighted by Crippen LogP contribution is 2.22. The van der Waals surface area contributed by atoms with Crippen LogP contribution in [0.2, 0.25) is 0 Å². The van der Waals surface area contributed by atoms with E-state index in [1.165, 1.54) is 0 Å². The number of rotatable bonds is 3. The van der Waals surface area contributed by atoms with Crippen LogP contribution in [0.3, 0.4) is 0 Å². The van der Waals surface area contributed by atoms with Gasteiger partial charge >= 0.3 is 0 Å². The van der Waals surface area contributed by atoms with Crippen LogP contribution in [0.5, 0.6) is 0 Å². The molecule has 0 bridgehead atoms.